The van der Waals surface area contributed by atoms with Gasteiger partial charge in [-0.15, -0.1) is 0 Å². The summed E-state index contributed by atoms with van der Waals surface area (Å²) in [6.07, 6.45) is 0. The van der Waals surface area contributed by atoms with Gasteiger partial charge in [0.25, 0.3) is 0 Å². The lowest BCUT2D eigenvalue weighted by Crippen LogP contribution is -2.53. The van der Waals surface area contributed by atoms with Gasteiger partial charge >= 0.3 is 0 Å². The molecule has 80 valence electrons. The minimum absolute atomic E-state index is 0.136. The van der Waals surface area contributed by atoms with Crippen LogP contribution in [-0.4, -0.2) is 18.9 Å². The van der Waals surface area contributed by atoms with Crippen LogP contribution in [0.3, 0.4) is 0 Å². The van der Waals surface area contributed by atoms with Crippen LogP contribution in [0.1, 0.15) is 31.1 Å². The van der Waals surface area contributed by atoms with Crippen LogP contribution in [-0.2, 0) is 0 Å². The van der Waals surface area contributed by atoms with E-state index in [1.165, 1.54) is 5.69 Å². The van der Waals surface area contributed by atoms with Gasteiger partial charge in [-0.25, -0.2) is 0 Å². The lowest BCUT2D eigenvalue weighted by molar-refractivity contribution is 0.101. The third-order valence-electron chi connectivity index (χ3n) is 2.86. The van der Waals surface area contributed by atoms with Crippen LogP contribution in [0.2, 0.25) is 0 Å². The van der Waals surface area contributed by atoms with E-state index in [1.54, 1.807) is 6.92 Å². The Bertz CT molecular complexity index is 387. The van der Waals surface area contributed by atoms with E-state index in [4.69, 9.17) is 0 Å². The Hall–Kier alpha value is -1.31. The van der Waals surface area contributed by atoms with Gasteiger partial charge in [0.1, 0.15) is 0 Å². The molecule has 2 nitrogen and oxygen atoms in total. The topological polar surface area (TPSA) is 20.3 Å². The predicted octanol–water partition coefficient (Wildman–Crippen LogP) is 2.74. The Balaban J connectivity index is 2.17. The van der Waals surface area contributed by atoms with E-state index in [-0.39, 0.29) is 5.78 Å². The van der Waals surface area contributed by atoms with E-state index in [0.717, 1.165) is 18.7 Å². The molecule has 0 aliphatic carbocycles. The van der Waals surface area contributed by atoms with Gasteiger partial charge in [-0.1, -0.05) is 26.0 Å². The molecule has 2 rings (SSSR count). The summed E-state index contributed by atoms with van der Waals surface area (Å²) in [4.78, 5) is 13.5. The number of ketones is 1. The molecular weight excluding hydrogens is 186 g/mol. The van der Waals surface area contributed by atoms with Crippen molar-refractivity contribution in [3.63, 3.8) is 0 Å². The summed E-state index contributed by atoms with van der Waals surface area (Å²) in [5, 5.41) is 0. The molecule has 0 radical (unpaired) electrons. The summed E-state index contributed by atoms with van der Waals surface area (Å²) in [5.41, 5.74) is 2.39. The van der Waals surface area contributed by atoms with Crippen LogP contribution in [0.15, 0.2) is 24.3 Å². The fourth-order valence-electron chi connectivity index (χ4n) is 2.09. The van der Waals surface area contributed by atoms with Crippen molar-refractivity contribution in [2.75, 3.05) is 18.0 Å². The molecule has 0 unspecified atom stereocenters. The van der Waals surface area contributed by atoms with Gasteiger partial charge in [-0.3, -0.25) is 4.79 Å². The zero-order chi connectivity index (χ0) is 11.1. The van der Waals surface area contributed by atoms with Crippen LogP contribution in [0.25, 0.3) is 0 Å². The van der Waals surface area contributed by atoms with Crippen LogP contribution < -0.4 is 4.90 Å². The summed E-state index contributed by atoms with van der Waals surface area (Å²) < 4.78 is 0. The highest BCUT2D eigenvalue weighted by Gasteiger charge is 2.34. The summed E-state index contributed by atoms with van der Waals surface area (Å²) in [5.74, 6) is 0.136. The molecule has 1 aliphatic rings. The van der Waals surface area contributed by atoms with Crippen LogP contribution in [0.5, 0.6) is 0 Å². The van der Waals surface area contributed by atoms with Gasteiger partial charge in [-0.05, 0) is 24.5 Å². The van der Waals surface area contributed by atoms with Crippen molar-refractivity contribution >= 4 is 11.5 Å². The number of carbonyl (C=O) groups excluding carboxylic acids is 1. The Morgan fingerprint density at radius 2 is 2.00 bits per heavy atom. The van der Waals surface area contributed by atoms with Crippen molar-refractivity contribution < 1.29 is 4.79 Å². The average molecular weight is 203 g/mol. The first-order chi connectivity index (χ1) is 6.98. The maximum atomic E-state index is 11.2. The lowest BCUT2D eigenvalue weighted by Gasteiger charge is -2.47. The molecule has 0 atom stereocenters. The molecule has 0 amide bonds. The van der Waals surface area contributed by atoms with Crippen LogP contribution >= 0.6 is 0 Å². The summed E-state index contributed by atoms with van der Waals surface area (Å²) in [7, 11) is 0. The van der Waals surface area contributed by atoms with E-state index in [1.807, 2.05) is 18.2 Å². The smallest absolute Gasteiger partial charge is 0.159 e. The number of nitrogens with zero attached hydrogens (tertiary/aromatic N) is 1. The maximum Gasteiger partial charge on any atom is 0.159 e. The van der Waals surface area contributed by atoms with Gasteiger partial charge in [0.2, 0.25) is 0 Å². The number of benzene rings is 1. The zero-order valence-corrected chi connectivity index (χ0v) is 9.58. The van der Waals surface area contributed by atoms with E-state index in [0.29, 0.717) is 5.41 Å². The molecule has 1 heterocycles. The molecule has 1 fully saturated rings. The van der Waals surface area contributed by atoms with E-state index >= 15 is 0 Å². The molecule has 0 saturated carbocycles. The second-order valence-electron chi connectivity index (χ2n) is 5.13. The number of anilines is 1. The maximum absolute atomic E-state index is 11.2. The van der Waals surface area contributed by atoms with E-state index < -0.39 is 0 Å². The molecule has 0 spiro atoms. The first kappa shape index (κ1) is 10.2. The van der Waals surface area contributed by atoms with Gasteiger partial charge in [0.15, 0.2) is 5.78 Å². The predicted molar refractivity (Wildman–Crippen MR) is 62.4 cm³/mol. The molecule has 1 aliphatic heterocycles. The highest BCUT2D eigenvalue weighted by Crippen LogP contribution is 2.33. The summed E-state index contributed by atoms with van der Waals surface area (Å²) >= 11 is 0. The van der Waals surface area contributed by atoms with Crippen molar-refractivity contribution in [2.45, 2.75) is 20.8 Å². The molecule has 0 aromatic heterocycles. The second-order valence-corrected chi connectivity index (χ2v) is 5.13. The minimum Gasteiger partial charge on any atom is -0.370 e. The number of hydrogen-bond donors (Lipinski definition) is 0. The Morgan fingerprint density at radius 1 is 1.33 bits per heavy atom. The van der Waals surface area contributed by atoms with Gasteiger partial charge < -0.3 is 4.90 Å². The number of rotatable bonds is 2. The summed E-state index contributed by atoms with van der Waals surface area (Å²) in [6.45, 7) is 8.29. The molecular formula is C13H17NO. The Morgan fingerprint density at radius 3 is 2.53 bits per heavy atom. The monoisotopic (exact) mass is 203 g/mol. The van der Waals surface area contributed by atoms with Crippen molar-refractivity contribution in [1.82, 2.24) is 0 Å². The number of Topliss-reactive ketones (excluding diaryl/α,β-unsaturated/α-hetero) is 1. The quantitative estimate of drug-likeness (QED) is 0.689. The standard InChI is InChI=1S/C13H17NO/c1-10(15)11-5-4-6-12(7-11)14-8-13(2,3)9-14/h4-7H,8-9H2,1-3H3. The van der Waals surface area contributed by atoms with Crippen molar-refractivity contribution in [3.05, 3.63) is 29.8 Å². The molecule has 2 heteroatoms. The fraction of sp³-hybridized carbons (Fsp3) is 0.462. The SMILES string of the molecule is CC(=O)c1cccc(N2CC(C)(C)C2)c1. The molecule has 0 bridgehead atoms. The normalized spacial score (nSPS) is 18.5. The average Bonchev–Trinajstić information content (AvgIpc) is 2.14. The highest BCUT2D eigenvalue weighted by molar-refractivity contribution is 5.95. The Labute approximate surface area is 90.9 Å². The van der Waals surface area contributed by atoms with Gasteiger partial charge in [0, 0.05) is 24.3 Å². The summed E-state index contributed by atoms with van der Waals surface area (Å²) in [6, 6.07) is 7.88. The number of carbonyl (C=O) groups is 1. The molecule has 0 N–H and O–H groups in total. The van der Waals surface area contributed by atoms with Crippen molar-refractivity contribution in [2.24, 2.45) is 5.41 Å². The largest absolute Gasteiger partial charge is 0.370 e. The second kappa shape index (κ2) is 3.37. The highest BCUT2D eigenvalue weighted by atomic mass is 16.1. The van der Waals surface area contributed by atoms with Crippen LogP contribution in [0, 0.1) is 5.41 Å². The lowest BCUT2D eigenvalue weighted by atomic mass is 9.84. The fourth-order valence-corrected chi connectivity index (χ4v) is 2.09. The molecule has 15 heavy (non-hydrogen) atoms. The first-order valence-electron chi connectivity index (χ1n) is 5.34. The van der Waals surface area contributed by atoms with Gasteiger partial charge in [-0.2, -0.15) is 0 Å². The van der Waals surface area contributed by atoms with E-state index in [2.05, 4.69) is 24.8 Å². The molecule has 1 aromatic rings. The first-order valence-corrected chi connectivity index (χ1v) is 5.34. The molecule has 1 aromatic carbocycles. The minimum atomic E-state index is 0.136. The zero-order valence-electron chi connectivity index (χ0n) is 9.58. The number of hydrogen-bond acceptors (Lipinski definition) is 2. The third-order valence-corrected chi connectivity index (χ3v) is 2.86. The van der Waals surface area contributed by atoms with Crippen molar-refractivity contribution in [3.8, 4) is 0 Å². The van der Waals surface area contributed by atoms with E-state index in [9.17, 15) is 4.79 Å². The third kappa shape index (κ3) is 2.04. The van der Waals surface area contributed by atoms with Crippen molar-refractivity contribution in [1.29, 1.82) is 0 Å². The van der Waals surface area contributed by atoms with Crippen LogP contribution in [0.4, 0.5) is 5.69 Å². The molecule has 1 saturated heterocycles. The van der Waals surface area contributed by atoms with Gasteiger partial charge in [0.05, 0.1) is 0 Å². The Kier molecular flexibility index (Phi) is 2.29.